The number of ether oxygens (including phenoxy) is 1. The molecule has 2 rings (SSSR count). The molecule has 122 valence electrons. The van der Waals surface area contributed by atoms with E-state index >= 15 is 0 Å². The monoisotopic (exact) mass is 329 g/mol. The molecule has 0 aliphatic rings. The molecule has 0 aliphatic heterocycles. The van der Waals surface area contributed by atoms with E-state index in [0.717, 1.165) is 21.9 Å². The number of hydrogen-bond acceptors (Lipinski definition) is 3. The second kappa shape index (κ2) is 7.14. The number of aliphatic imine (C=N–C) groups is 1. The molecule has 0 saturated carbocycles. The largest absolute Gasteiger partial charge is 0.507 e. The van der Waals surface area contributed by atoms with Crippen LogP contribution < -0.4 is 15.3 Å². The van der Waals surface area contributed by atoms with Crippen molar-refractivity contribution in [3.05, 3.63) is 47.5 Å². The third-order valence-corrected chi connectivity index (χ3v) is 4.67. The Kier molecular flexibility index (Phi) is 5.43. The Morgan fingerprint density at radius 2 is 1.83 bits per heavy atom. The maximum Gasteiger partial charge on any atom is 0.123 e. The van der Waals surface area contributed by atoms with Crippen molar-refractivity contribution in [3.63, 3.8) is 0 Å². The second-order valence-corrected chi connectivity index (χ2v) is 7.86. The van der Waals surface area contributed by atoms with Crippen molar-refractivity contribution < 1.29 is 9.84 Å². The van der Waals surface area contributed by atoms with E-state index in [1.165, 1.54) is 5.56 Å². The molecular weight excluding hydrogens is 305 g/mol. The van der Waals surface area contributed by atoms with Crippen molar-refractivity contribution in [2.24, 2.45) is 4.99 Å². The highest BCUT2D eigenvalue weighted by Crippen LogP contribution is 2.24. The number of phenolic OH excluding ortho intramolecular Hbond substituents is 1. The maximum absolute atomic E-state index is 10.1. The van der Waals surface area contributed by atoms with Gasteiger partial charge in [0.15, 0.2) is 0 Å². The molecule has 2 aromatic rings. The first-order chi connectivity index (χ1) is 10.8. The summed E-state index contributed by atoms with van der Waals surface area (Å²) in [4.78, 5) is 4.62. The minimum Gasteiger partial charge on any atom is -0.507 e. The predicted molar refractivity (Wildman–Crippen MR) is 101 cm³/mol. The summed E-state index contributed by atoms with van der Waals surface area (Å²) in [5.74, 6) is 1.05. The highest BCUT2D eigenvalue weighted by Gasteiger charge is 2.10. The normalized spacial score (nSPS) is 12.4. The van der Waals surface area contributed by atoms with Crippen LogP contribution in [0.2, 0.25) is 0 Å². The number of phenols is 1. The molecule has 0 fully saturated rings. The van der Waals surface area contributed by atoms with E-state index < -0.39 is 0 Å². The zero-order valence-corrected chi connectivity index (χ0v) is 15.3. The quantitative estimate of drug-likeness (QED) is 0.688. The molecule has 0 heterocycles. The molecule has 1 N–H and O–H groups in total. The Hall–Kier alpha value is -1.86. The minimum atomic E-state index is -0.109. The van der Waals surface area contributed by atoms with E-state index in [0.29, 0.717) is 14.3 Å². The molecule has 0 radical (unpaired) electrons. The fraction of sp³-hybridized carbons (Fsp3) is 0.316. The van der Waals surface area contributed by atoms with E-state index in [1.807, 2.05) is 12.3 Å². The van der Waals surface area contributed by atoms with Gasteiger partial charge < -0.3 is 9.84 Å². The van der Waals surface area contributed by atoms with Gasteiger partial charge in [-0.1, -0.05) is 26.3 Å². The first-order valence-electron chi connectivity index (χ1n) is 7.58. The van der Waals surface area contributed by atoms with Crippen LogP contribution in [0.4, 0.5) is 0 Å². The molecule has 0 amide bonds. The van der Waals surface area contributed by atoms with E-state index in [1.54, 1.807) is 19.2 Å². The van der Waals surface area contributed by atoms with Gasteiger partial charge in [-0.15, -0.1) is 0 Å². The van der Waals surface area contributed by atoms with Crippen molar-refractivity contribution >= 4 is 25.4 Å². The molecule has 1 atom stereocenters. The zero-order valence-electron chi connectivity index (χ0n) is 14.3. The fourth-order valence-electron chi connectivity index (χ4n) is 2.05. The van der Waals surface area contributed by atoms with Crippen LogP contribution >= 0.6 is 8.58 Å². The highest BCUT2D eigenvalue weighted by molar-refractivity contribution is 7.56. The van der Waals surface area contributed by atoms with Gasteiger partial charge in [0.1, 0.15) is 11.5 Å². The van der Waals surface area contributed by atoms with Gasteiger partial charge in [-0.2, -0.15) is 0 Å². The molecule has 0 spiro atoms. The molecule has 0 aromatic heterocycles. The lowest BCUT2D eigenvalue weighted by Crippen LogP contribution is -2.13. The number of benzene rings is 2. The Bertz CT molecular complexity index is 718. The number of nitrogens with zero attached hydrogens (tertiary/aromatic N) is 1. The molecule has 0 aliphatic carbocycles. The number of aromatic hydroxyl groups is 1. The van der Waals surface area contributed by atoms with E-state index in [9.17, 15) is 5.11 Å². The van der Waals surface area contributed by atoms with Crippen molar-refractivity contribution in [1.29, 1.82) is 0 Å². The van der Waals surface area contributed by atoms with Crippen LogP contribution in [0.5, 0.6) is 11.5 Å². The third kappa shape index (κ3) is 5.07. The fourth-order valence-corrected chi connectivity index (χ4v) is 3.22. The molecule has 23 heavy (non-hydrogen) atoms. The standard InChI is InChI=1S/C19H24NO2P/c1-13-6-9-17(14(10-13)12-20-19(2,3)4)23-18-11-15(22-5)7-8-16(18)21/h6-12,21,23H,1-5H3. The Labute approximate surface area is 140 Å². The van der Waals surface area contributed by atoms with Crippen LogP contribution in [0.3, 0.4) is 0 Å². The van der Waals surface area contributed by atoms with Gasteiger partial charge in [-0.25, -0.2) is 0 Å². The van der Waals surface area contributed by atoms with Crippen molar-refractivity contribution in [2.75, 3.05) is 7.11 Å². The molecular formula is C19H24NO2P. The van der Waals surface area contributed by atoms with Crippen molar-refractivity contribution in [2.45, 2.75) is 33.2 Å². The Morgan fingerprint density at radius 1 is 1.09 bits per heavy atom. The van der Waals surface area contributed by atoms with E-state index in [2.05, 4.69) is 50.9 Å². The van der Waals surface area contributed by atoms with E-state index in [-0.39, 0.29) is 5.54 Å². The van der Waals surface area contributed by atoms with Crippen LogP contribution in [0.1, 0.15) is 31.9 Å². The van der Waals surface area contributed by atoms with Crippen LogP contribution in [-0.2, 0) is 0 Å². The molecule has 3 nitrogen and oxygen atoms in total. The summed E-state index contributed by atoms with van der Waals surface area (Å²) in [5, 5.41) is 12.1. The zero-order chi connectivity index (χ0) is 17.0. The first-order valence-corrected chi connectivity index (χ1v) is 8.58. The Morgan fingerprint density at radius 3 is 2.48 bits per heavy atom. The van der Waals surface area contributed by atoms with Gasteiger partial charge >= 0.3 is 0 Å². The second-order valence-electron chi connectivity index (χ2n) is 6.53. The third-order valence-electron chi connectivity index (χ3n) is 3.27. The highest BCUT2D eigenvalue weighted by atomic mass is 31.1. The summed E-state index contributed by atoms with van der Waals surface area (Å²) in [6.07, 6.45) is 1.94. The average molecular weight is 329 g/mol. The molecule has 1 unspecified atom stereocenters. The lowest BCUT2D eigenvalue weighted by Gasteiger charge is -2.13. The van der Waals surface area contributed by atoms with Crippen LogP contribution in [-0.4, -0.2) is 24.0 Å². The number of rotatable bonds is 4. The van der Waals surface area contributed by atoms with Crippen LogP contribution in [0.25, 0.3) is 0 Å². The SMILES string of the molecule is COc1ccc(O)c(Pc2ccc(C)cc2C=NC(C)(C)C)c1. The van der Waals surface area contributed by atoms with E-state index in [4.69, 9.17) is 4.74 Å². The maximum atomic E-state index is 10.1. The lowest BCUT2D eigenvalue weighted by atomic mass is 10.1. The molecule has 2 aromatic carbocycles. The van der Waals surface area contributed by atoms with Crippen molar-refractivity contribution in [1.82, 2.24) is 0 Å². The topological polar surface area (TPSA) is 41.8 Å². The smallest absolute Gasteiger partial charge is 0.123 e. The minimum absolute atomic E-state index is 0.109. The molecule has 4 heteroatoms. The molecule has 0 bridgehead atoms. The summed E-state index contributed by atoms with van der Waals surface area (Å²) in [7, 11) is 1.97. The summed E-state index contributed by atoms with van der Waals surface area (Å²) >= 11 is 0. The summed E-state index contributed by atoms with van der Waals surface area (Å²) in [6.45, 7) is 8.31. The summed E-state index contributed by atoms with van der Waals surface area (Å²) in [5.41, 5.74) is 2.19. The van der Waals surface area contributed by atoms with Crippen LogP contribution in [0.15, 0.2) is 41.4 Å². The van der Waals surface area contributed by atoms with Gasteiger partial charge in [-0.05, 0) is 57.3 Å². The number of hydrogen-bond donors (Lipinski definition) is 1. The van der Waals surface area contributed by atoms with Gasteiger partial charge in [0.05, 0.1) is 12.6 Å². The predicted octanol–water partition coefficient (Wildman–Crippen LogP) is 3.56. The number of aryl methyl sites for hydroxylation is 1. The van der Waals surface area contributed by atoms with Gasteiger partial charge in [-0.3, -0.25) is 4.99 Å². The van der Waals surface area contributed by atoms with Crippen molar-refractivity contribution in [3.8, 4) is 11.5 Å². The Balaban J connectivity index is 2.38. The molecule has 0 saturated heterocycles. The van der Waals surface area contributed by atoms with Gasteiger partial charge in [0.25, 0.3) is 0 Å². The average Bonchev–Trinajstić information content (AvgIpc) is 2.48. The summed E-state index contributed by atoms with van der Waals surface area (Å²) < 4.78 is 5.26. The van der Waals surface area contributed by atoms with Gasteiger partial charge in [0.2, 0.25) is 0 Å². The number of methoxy groups -OCH3 is 1. The van der Waals surface area contributed by atoms with Gasteiger partial charge in [0, 0.05) is 17.1 Å². The first kappa shape index (κ1) is 17.5. The lowest BCUT2D eigenvalue weighted by molar-refractivity contribution is 0.413. The van der Waals surface area contributed by atoms with Crippen LogP contribution in [0, 0.1) is 6.92 Å². The summed E-state index contributed by atoms with van der Waals surface area (Å²) in [6, 6.07) is 11.7.